The maximum Gasteiger partial charge on any atom is 0.491 e. The van der Waals surface area contributed by atoms with E-state index in [4.69, 9.17) is 4.65 Å². The van der Waals surface area contributed by atoms with Gasteiger partial charge in [0.2, 0.25) is 0 Å². The average molecular weight is 201 g/mol. The average Bonchev–Trinajstić information content (AvgIpc) is 2.47. The lowest BCUT2D eigenvalue weighted by molar-refractivity contribution is 0.276. The molecule has 0 aliphatic carbocycles. The Kier molecular flexibility index (Phi) is 2.65. The van der Waals surface area contributed by atoms with E-state index in [-0.39, 0.29) is 5.31 Å². The zero-order valence-corrected chi connectivity index (χ0v) is 9.45. The second-order valence-corrected chi connectivity index (χ2v) is 5.09. The van der Waals surface area contributed by atoms with Crippen LogP contribution in [-0.4, -0.2) is 19.4 Å². The quantitative estimate of drug-likeness (QED) is 0.668. The number of rotatable bonds is 1. The van der Waals surface area contributed by atoms with Crippen molar-refractivity contribution in [3.05, 3.63) is 23.8 Å². The summed E-state index contributed by atoms with van der Waals surface area (Å²) in [5.74, 6) is 0. The molecule has 0 spiro atoms. The Morgan fingerprint density at radius 3 is 2.80 bits per heavy atom. The number of hydrogen-bond acceptors (Lipinski definition) is 2. The molecule has 1 radical (unpaired) electrons. The summed E-state index contributed by atoms with van der Waals surface area (Å²) >= 11 is 0. The highest BCUT2D eigenvalue weighted by Gasteiger charge is 2.29. The van der Waals surface area contributed by atoms with Crippen LogP contribution in [0.5, 0.6) is 0 Å². The summed E-state index contributed by atoms with van der Waals surface area (Å²) in [6.45, 7) is 7.01. The maximum absolute atomic E-state index is 9.57. The van der Waals surface area contributed by atoms with Gasteiger partial charge in [0.25, 0.3) is 0 Å². The molecule has 2 nitrogen and oxygen atoms in total. The molecule has 4 heteroatoms. The molecule has 0 amide bonds. The van der Waals surface area contributed by atoms with E-state index in [9.17, 15) is 5.02 Å². The van der Waals surface area contributed by atoms with Gasteiger partial charge in [-0.25, -0.2) is 0 Å². The van der Waals surface area contributed by atoms with Crippen molar-refractivity contribution in [1.82, 2.24) is 0 Å². The second kappa shape index (κ2) is 3.69. The molecule has 15 heavy (non-hydrogen) atoms. The molecular formula is C11H15B2O2. The molecule has 0 saturated carbocycles. The minimum Gasteiger partial charge on any atom is -0.423 e. The van der Waals surface area contributed by atoms with Crippen LogP contribution in [0.2, 0.25) is 5.31 Å². The highest BCUT2D eigenvalue weighted by Crippen LogP contribution is 2.20. The van der Waals surface area contributed by atoms with E-state index in [0.717, 1.165) is 11.0 Å². The Morgan fingerprint density at radius 2 is 2.13 bits per heavy atom. The summed E-state index contributed by atoms with van der Waals surface area (Å²) in [4.78, 5) is 0. The van der Waals surface area contributed by atoms with E-state index in [2.05, 4.69) is 34.1 Å². The molecule has 0 saturated heterocycles. The summed E-state index contributed by atoms with van der Waals surface area (Å²) < 4.78 is 5.21. The summed E-state index contributed by atoms with van der Waals surface area (Å²) in [5.41, 5.74) is 3.21. The van der Waals surface area contributed by atoms with Gasteiger partial charge in [0.15, 0.2) is 7.28 Å². The van der Waals surface area contributed by atoms with Gasteiger partial charge in [-0.1, -0.05) is 49.7 Å². The topological polar surface area (TPSA) is 29.5 Å². The van der Waals surface area contributed by atoms with Gasteiger partial charge in [0.05, 0.1) is 6.61 Å². The largest absolute Gasteiger partial charge is 0.491 e. The smallest absolute Gasteiger partial charge is 0.423 e. The van der Waals surface area contributed by atoms with E-state index < -0.39 is 7.12 Å². The lowest BCUT2D eigenvalue weighted by atomic mass is 9.50. The molecule has 1 aromatic carbocycles. The molecule has 1 aliphatic heterocycles. The lowest BCUT2D eigenvalue weighted by Crippen LogP contribution is -2.34. The molecule has 1 heterocycles. The first-order valence-electron chi connectivity index (χ1n) is 5.25. The Hall–Kier alpha value is -0.730. The SMILES string of the molecule is CC(C)(C)[B]c1cccc2c1COB2O. The molecule has 1 aromatic rings. The van der Waals surface area contributed by atoms with Crippen LogP contribution in [0.4, 0.5) is 0 Å². The van der Waals surface area contributed by atoms with Crippen molar-refractivity contribution in [2.45, 2.75) is 32.7 Å². The number of benzene rings is 1. The Bertz CT molecular complexity index is 371. The third-order valence-corrected chi connectivity index (χ3v) is 2.49. The molecular weight excluding hydrogens is 186 g/mol. The van der Waals surface area contributed by atoms with Gasteiger partial charge in [0, 0.05) is 0 Å². The molecule has 0 bridgehead atoms. The van der Waals surface area contributed by atoms with Crippen LogP contribution in [0.15, 0.2) is 18.2 Å². The standard InChI is InChI=1S/C11H15B2O2/c1-11(2,3)12-9-5-4-6-10-8(9)7-15-13(10)14/h4-6,14H,7H2,1-3H3. The highest BCUT2D eigenvalue weighted by atomic mass is 16.5. The Morgan fingerprint density at radius 1 is 1.40 bits per heavy atom. The zero-order valence-electron chi connectivity index (χ0n) is 9.45. The van der Waals surface area contributed by atoms with Crippen molar-refractivity contribution in [3.8, 4) is 0 Å². The minimum absolute atomic E-state index is 0.142. The molecule has 2 rings (SSSR count). The van der Waals surface area contributed by atoms with Crippen LogP contribution in [-0.2, 0) is 11.3 Å². The molecule has 0 atom stereocenters. The van der Waals surface area contributed by atoms with Gasteiger partial charge in [-0.2, -0.15) is 0 Å². The van der Waals surface area contributed by atoms with E-state index >= 15 is 0 Å². The van der Waals surface area contributed by atoms with E-state index in [1.165, 1.54) is 5.46 Å². The molecule has 0 fully saturated rings. The van der Waals surface area contributed by atoms with Crippen LogP contribution in [0, 0.1) is 0 Å². The maximum atomic E-state index is 9.57. The summed E-state index contributed by atoms with van der Waals surface area (Å²) in [7, 11) is 1.47. The summed E-state index contributed by atoms with van der Waals surface area (Å²) in [5, 5.41) is 9.71. The molecule has 0 aromatic heterocycles. The zero-order chi connectivity index (χ0) is 11.1. The van der Waals surface area contributed by atoms with E-state index in [0.29, 0.717) is 6.61 Å². The second-order valence-electron chi connectivity index (χ2n) is 5.09. The Balaban J connectivity index is 2.34. The molecule has 77 valence electrons. The number of hydrogen-bond donors (Lipinski definition) is 1. The summed E-state index contributed by atoms with van der Waals surface area (Å²) in [6.07, 6.45) is 0. The van der Waals surface area contributed by atoms with Crippen LogP contribution >= 0.6 is 0 Å². The van der Waals surface area contributed by atoms with E-state index in [1.807, 2.05) is 12.1 Å². The van der Waals surface area contributed by atoms with Gasteiger partial charge in [0.1, 0.15) is 0 Å². The van der Waals surface area contributed by atoms with Crippen LogP contribution in [0.1, 0.15) is 26.3 Å². The van der Waals surface area contributed by atoms with Crippen molar-refractivity contribution < 1.29 is 9.68 Å². The van der Waals surface area contributed by atoms with Crippen molar-refractivity contribution in [2.75, 3.05) is 0 Å². The first-order chi connectivity index (χ1) is 6.97. The third kappa shape index (κ3) is 2.27. The molecule has 1 N–H and O–H groups in total. The minimum atomic E-state index is -0.742. The van der Waals surface area contributed by atoms with Crippen molar-refractivity contribution >= 4 is 25.3 Å². The highest BCUT2D eigenvalue weighted by molar-refractivity contribution is 6.64. The van der Waals surface area contributed by atoms with Gasteiger partial charge in [-0.3, -0.25) is 0 Å². The fourth-order valence-electron chi connectivity index (χ4n) is 1.88. The molecule has 1 aliphatic rings. The van der Waals surface area contributed by atoms with Gasteiger partial charge >= 0.3 is 7.12 Å². The fourth-order valence-corrected chi connectivity index (χ4v) is 1.88. The Labute approximate surface area is 92.0 Å². The van der Waals surface area contributed by atoms with E-state index in [1.54, 1.807) is 0 Å². The van der Waals surface area contributed by atoms with Gasteiger partial charge < -0.3 is 9.68 Å². The first kappa shape index (κ1) is 10.8. The van der Waals surface area contributed by atoms with Crippen LogP contribution < -0.4 is 10.9 Å². The van der Waals surface area contributed by atoms with Gasteiger partial charge in [-0.05, 0) is 11.0 Å². The van der Waals surface area contributed by atoms with Crippen LogP contribution in [0.25, 0.3) is 0 Å². The van der Waals surface area contributed by atoms with Crippen molar-refractivity contribution in [3.63, 3.8) is 0 Å². The normalized spacial score (nSPS) is 15.3. The fraction of sp³-hybridized carbons (Fsp3) is 0.455. The van der Waals surface area contributed by atoms with Crippen molar-refractivity contribution in [1.29, 1.82) is 0 Å². The predicted molar refractivity (Wildman–Crippen MR) is 63.9 cm³/mol. The van der Waals surface area contributed by atoms with Crippen molar-refractivity contribution in [2.24, 2.45) is 0 Å². The number of fused-ring (bicyclic) bond motifs is 1. The summed E-state index contributed by atoms with van der Waals surface area (Å²) in [6, 6.07) is 5.97. The monoisotopic (exact) mass is 201 g/mol. The molecule has 0 unspecified atom stereocenters. The van der Waals surface area contributed by atoms with Gasteiger partial charge in [-0.15, -0.1) is 0 Å². The lowest BCUT2D eigenvalue weighted by Gasteiger charge is -2.18. The third-order valence-electron chi connectivity index (χ3n) is 2.49. The van der Waals surface area contributed by atoms with Crippen LogP contribution in [0.3, 0.4) is 0 Å². The first-order valence-corrected chi connectivity index (χ1v) is 5.25. The predicted octanol–water partition coefficient (Wildman–Crippen LogP) is 0.452.